The van der Waals surface area contributed by atoms with Gasteiger partial charge in [-0.05, 0) is 25.7 Å². The van der Waals surface area contributed by atoms with E-state index < -0.39 is 0 Å². The van der Waals surface area contributed by atoms with Crippen molar-refractivity contribution in [3.8, 4) is 0 Å². The van der Waals surface area contributed by atoms with Crippen molar-refractivity contribution in [2.24, 2.45) is 0 Å². The molecule has 0 aromatic heterocycles. The molecule has 1 aliphatic heterocycles. The predicted molar refractivity (Wildman–Crippen MR) is 170 cm³/mol. The van der Waals surface area contributed by atoms with Gasteiger partial charge in [0, 0.05) is 26.0 Å². The summed E-state index contributed by atoms with van der Waals surface area (Å²) in [5.41, 5.74) is 0. The van der Waals surface area contributed by atoms with Gasteiger partial charge in [0.25, 0.3) is 0 Å². The lowest BCUT2D eigenvalue weighted by molar-refractivity contribution is -0.918. The van der Waals surface area contributed by atoms with E-state index in [1.165, 1.54) is 148 Å². The smallest absolute Gasteiger partial charge is 0.226 e. The van der Waals surface area contributed by atoms with E-state index in [4.69, 9.17) is 4.74 Å². The third kappa shape index (κ3) is 21.8. The van der Waals surface area contributed by atoms with Gasteiger partial charge in [-0.3, -0.25) is 9.69 Å². The van der Waals surface area contributed by atoms with Gasteiger partial charge in [0.1, 0.15) is 0 Å². The monoisotopic (exact) mass is 552 g/mol. The van der Waals surface area contributed by atoms with Crippen LogP contribution in [-0.2, 0) is 9.53 Å². The van der Waals surface area contributed by atoms with Crippen LogP contribution in [0.3, 0.4) is 0 Å². The molecule has 0 N–H and O–H groups in total. The van der Waals surface area contributed by atoms with Crippen LogP contribution in [-0.4, -0.2) is 61.9 Å². The van der Waals surface area contributed by atoms with Gasteiger partial charge in [0.15, 0.2) is 6.67 Å². The highest BCUT2D eigenvalue weighted by Crippen LogP contribution is 2.18. The Kier molecular flexibility index (Phi) is 24.6. The first kappa shape index (κ1) is 36.4. The van der Waals surface area contributed by atoms with Crippen molar-refractivity contribution in [2.45, 2.75) is 174 Å². The second-order valence-corrected chi connectivity index (χ2v) is 13.0. The second-order valence-electron chi connectivity index (χ2n) is 13.0. The summed E-state index contributed by atoms with van der Waals surface area (Å²) in [5.74, 6) is 0.366. The molecule has 0 aromatic carbocycles. The maximum Gasteiger partial charge on any atom is 0.226 e. The Morgan fingerprint density at radius 1 is 0.590 bits per heavy atom. The van der Waals surface area contributed by atoms with Crippen LogP contribution in [0.4, 0.5) is 0 Å². The topological polar surface area (TPSA) is 29.5 Å². The zero-order valence-corrected chi connectivity index (χ0v) is 27.1. The number of likely N-dealkylation sites (tertiary alicyclic amines) is 1. The SMILES string of the molecule is CCCCCCCCCCCCCCCCCC[N+](C)(CCCOCCCCCCCC)CN1CCCC1=O. The van der Waals surface area contributed by atoms with Crippen molar-refractivity contribution in [2.75, 3.05) is 46.6 Å². The lowest BCUT2D eigenvalue weighted by Gasteiger charge is -2.37. The lowest BCUT2D eigenvalue weighted by Crippen LogP contribution is -2.53. The lowest BCUT2D eigenvalue weighted by atomic mass is 10.0. The van der Waals surface area contributed by atoms with Gasteiger partial charge in [0.05, 0.1) is 26.7 Å². The Hall–Kier alpha value is -0.610. The molecule has 1 unspecified atom stereocenters. The molecule has 39 heavy (non-hydrogen) atoms. The van der Waals surface area contributed by atoms with Crippen LogP contribution >= 0.6 is 0 Å². The van der Waals surface area contributed by atoms with Crippen LogP contribution in [0.2, 0.25) is 0 Å². The highest BCUT2D eigenvalue weighted by molar-refractivity contribution is 5.77. The molecule has 1 heterocycles. The molecule has 0 saturated carbocycles. The molecular formula is C35H71N2O2+. The average Bonchev–Trinajstić information content (AvgIpc) is 3.33. The Morgan fingerprint density at radius 3 is 1.46 bits per heavy atom. The van der Waals surface area contributed by atoms with Crippen molar-refractivity contribution < 1.29 is 14.0 Å². The number of quaternary nitrogens is 1. The van der Waals surface area contributed by atoms with Gasteiger partial charge >= 0.3 is 0 Å². The molecule has 4 nitrogen and oxygen atoms in total. The first-order chi connectivity index (χ1) is 19.1. The predicted octanol–water partition coefficient (Wildman–Crippen LogP) is 10.0. The van der Waals surface area contributed by atoms with Crippen LogP contribution in [0, 0.1) is 0 Å². The minimum atomic E-state index is 0.366. The molecule has 0 bridgehead atoms. The fourth-order valence-corrected chi connectivity index (χ4v) is 6.20. The molecule has 0 aliphatic carbocycles. The van der Waals surface area contributed by atoms with E-state index in [1.807, 2.05) is 0 Å². The Bertz CT molecular complexity index is 541. The van der Waals surface area contributed by atoms with Crippen molar-refractivity contribution in [3.05, 3.63) is 0 Å². The molecule has 1 atom stereocenters. The molecule has 1 rings (SSSR count). The van der Waals surface area contributed by atoms with E-state index in [0.29, 0.717) is 5.91 Å². The molecule has 1 fully saturated rings. The molecule has 4 heteroatoms. The number of ether oxygens (including phenoxy) is 1. The molecule has 0 spiro atoms. The van der Waals surface area contributed by atoms with Crippen molar-refractivity contribution in [3.63, 3.8) is 0 Å². The van der Waals surface area contributed by atoms with E-state index in [2.05, 4.69) is 25.8 Å². The highest BCUT2D eigenvalue weighted by Gasteiger charge is 2.29. The summed E-state index contributed by atoms with van der Waals surface area (Å²) in [6, 6.07) is 0. The zero-order chi connectivity index (χ0) is 28.3. The van der Waals surface area contributed by atoms with Crippen molar-refractivity contribution >= 4 is 5.91 Å². The second kappa shape index (κ2) is 26.3. The van der Waals surface area contributed by atoms with Crippen LogP contribution in [0.5, 0.6) is 0 Å². The minimum absolute atomic E-state index is 0.366. The van der Waals surface area contributed by atoms with E-state index >= 15 is 0 Å². The number of rotatable bonds is 30. The van der Waals surface area contributed by atoms with E-state index in [-0.39, 0.29) is 0 Å². The number of carbonyl (C=O) groups excluding carboxylic acids is 1. The third-order valence-electron chi connectivity index (χ3n) is 8.86. The Morgan fingerprint density at radius 2 is 1.00 bits per heavy atom. The fourth-order valence-electron chi connectivity index (χ4n) is 6.20. The summed E-state index contributed by atoms with van der Waals surface area (Å²) in [6.45, 7) is 10.5. The largest absolute Gasteiger partial charge is 0.381 e. The van der Waals surface area contributed by atoms with Crippen molar-refractivity contribution in [1.82, 2.24) is 4.90 Å². The summed E-state index contributed by atoms with van der Waals surface area (Å²) in [4.78, 5) is 14.4. The van der Waals surface area contributed by atoms with E-state index in [1.54, 1.807) is 0 Å². The number of hydrogen-bond acceptors (Lipinski definition) is 2. The van der Waals surface area contributed by atoms with Gasteiger partial charge in [-0.25, -0.2) is 0 Å². The molecule has 0 aromatic rings. The van der Waals surface area contributed by atoms with Crippen LogP contribution < -0.4 is 0 Å². The Labute approximate surface area is 245 Å². The number of nitrogens with zero attached hydrogens (tertiary/aromatic N) is 2. The maximum absolute atomic E-state index is 12.3. The maximum atomic E-state index is 12.3. The average molecular weight is 552 g/mol. The Balaban J connectivity index is 2.08. The number of hydrogen-bond donors (Lipinski definition) is 0. The molecule has 1 aliphatic rings. The number of unbranched alkanes of at least 4 members (excludes halogenated alkanes) is 20. The first-order valence-electron chi connectivity index (χ1n) is 17.8. The zero-order valence-electron chi connectivity index (χ0n) is 27.1. The summed E-state index contributed by atoms with van der Waals surface area (Å²) in [7, 11) is 2.38. The molecule has 1 saturated heterocycles. The van der Waals surface area contributed by atoms with Gasteiger partial charge in [0.2, 0.25) is 5.91 Å². The van der Waals surface area contributed by atoms with E-state index in [0.717, 1.165) is 56.7 Å². The summed E-state index contributed by atoms with van der Waals surface area (Å²) in [6.07, 6.45) is 33.5. The van der Waals surface area contributed by atoms with Gasteiger partial charge in [-0.15, -0.1) is 0 Å². The van der Waals surface area contributed by atoms with Crippen LogP contribution in [0.1, 0.15) is 174 Å². The standard InChI is InChI=1S/C35H71N2O2/c1-4-6-8-10-12-13-14-15-16-17-18-19-20-21-22-24-30-37(3,34-36-29-26-28-35(36)38)31-27-33-39-32-25-23-11-9-7-5-2/h4-34H2,1-3H3/q+1. The summed E-state index contributed by atoms with van der Waals surface area (Å²) in [5, 5.41) is 0. The molecular weight excluding hydrogens is 480 g/mol. The van der Waals surface area contributed by atoms with Gasteiger partial charge < -0.3 is 9.22 Å². The first-order valence-corrected chi connectivity index (χ1v) is 17.8. The fraction of sp³-hybridized carbons (Fsp3) is 0.971. The number of amides is 1. The molecule has 1 amide bonds. The van der Waals surface area contributed by atoms with Crippen LogP contribution in [0.15, 0.2) is 0 Å². The highest BCUT2D eigenvalue weighted by atomic mass is 16.5. The summed E-state index contributed by atoms with van der Waals surface area (Å²) < 4.78 is 6.98. The van der Waals surface area contributed by atoms with Crippen LogP contribution in [0.25, 0.3) is 0 Å². The van der Waals surface area contributed by atoms with Gasteiger partial charge in [-0.2, -0.15) is 0 Å². The summed E-state index contributed by atoms with van der Waals surface area (Å²) >= 11 is 0. The van der Waals surface area contributed by atoms with E-state index in [9.17, 15) is 4.79 Å². The van der Waals surface area contributed by atoms with Crippen molar-refractivity contribution in [1.29, 1.82) is 0 Å². The quantitative estimate of drug-likeness (QED) is 0.0656. The normalized spacial score (nSPS) is 15.4. The molecule has 232 valence electrons. The van der Waals surface area contributed by atoms with Gasteiger partial charge in [-0.1, -0.05) is 136 Å². The minimum Gasteiger partial charge on any atom is -0.381 e. The number of carbonyl (C=O) groups is 1. The third-order valence-corrected chi connectivity index (χ3v) is 8.86. The molecule has 0 radical (unpaired) electrons.